The maximum absolute atomic E-state index is 5.35. The van der Waals surface area contributed by atoms with Gasteiger partial charge in [-0.05, 0) is 31.9 Å². The van der Waals surface area contributed by atoms with Crippen LogP contribution in [0.15, 0.2) is 17.1 Å². The molecule has 0 unspecified atom stereocenters. The Morgan fingerprint density at radius 2 is 1.78 bits per heavy atom. The number of benzene rings is 1. The highest BCUT2D eigenvalue weighted by Crippen LogP contribution is 2.33. The average molecular weight is 249 g/mol. The molecule has 0 atom stereocenters. The molecule has 3 nitrogen and oxygen atoms in total. The van der Waals surface area contributed by atoms with Crippen LogP contribution in [0.5, 0.6) is 11.5 Å². The van der Waals surface area contributed by atoms with Crippen LogP contribution in [0.1, 0.15) is 38.8 Å². The molecule has 0 amide bonds. The SMILES string of the molecule is CC.COc1cc2c(c(OC)c1)C=NC(C)(C)C2. The standard InChI is InChI=1S/C13H17NO2.C2H6/c1-13(2)7-9-5-10(15-3)6-12(16-4)11(9)8-14-13;1-2/h5-6,8H,7H2,1-4H3;1-2H3. The summed E-state index contributed by atoms with van der Waals surface area (Å²) < 4.78 is 10.6. The molecule has 0 fully saturated rings. The van der Waals surface area contributed by atoms with Crippen molar-refractivity contribution in [2.24, 2.45) is 4.99 Å². The smallest absolute Gasteiger partial charge is 0.131 e. The van der Waals surface area contributed by atoms with Crippen LogP contribution in [0, 0.1) is 0 Å². The van der Waals surface area contributed by atoms with Gasteiger partial charge in [-0.15, -0.1) is 0 Å². The summed E-state index contributed by atoms with van der Waals surface area (Å²) in [7, 11) is 3.34. The average Bonchev–Trinajstić information content (AvgIpc) is 2.38. The first-order chi connectivity index (χ1) is 8.55. The van der Waals surface area contributed by atoms with Crippen LogP contribution in [0.4, 0.5) is 0 Å². The van der Waals surface area contributed by atoms with Crippen LogP contribution < -0.4 is 9.47 Å². The van der Waals surface area contributed by atoms with Crippen molar-refractivity contribution >= 4 is 6.21 Å². The molecule has 1 aliphatic heterocycles. The summed E-state index contributed by atoms with van der Waals surface area (Å²) in [6.07, 6.45) is 2.81. The first kappa shape index (κ1) is 14.6. The predicted octanol–water partition coefficient (Wildman–Crippen LogP) is 3.48. The second kappa shape index (κ2) is 5.89. The van der Waals surface area contributed by atoms with E-state index < -0.39 is 0 Å². The zero-order valence-electron chi connectivity index (χ0n) is 12.2. The van der Waals surface area contributed by atoms with E-state index in [0.29, 0.717) is 0 Å². The van der Waals surface area contributed by atoms with Gasteiger partial charge in [0.2, 0.25) is 0 Å². The fourth-order valence-corrected chi connectivity index (χ4v) is 1.99. The minimum atomic E-state index is -0.0373. The molecule has 2 rings (SSSR count). The minimum Gasteiger partial charge on any atom is -0.497 e. The third kappa shape index (κ3) is 3.03. The van der Waals surface area contributed by atoms with Gasteiger partial charge in [-0.2, -0.15) is 0 Å². The Balaban J connectivity index is 0.000000771. The third-order valence-electron chi connectivity index (χ3n) is 2.82. The van der Waals surface area contributed by atoms with Crippen LogP contribution in [-0.4, -0.2) is 26.0 Å². The summed E-state index contributed by atoms with van der Waals surface area (Å²) in [5.41, 5.74) is 2.27. The second-order valence-electron chi connectivity index (χ2n) is 4.65. The lowest BCUT2D eigenvalue weighted by Gasteiger charge is -2.26. The molecule has 0 bridgehead atoms. The Kier molecular flexibility index (Phi) is 4.76. The van der Waals surface area contributed by atoms with Gasteiger partial charge in [0.25, 0.3) is 0 Å². The van der Waals surface area contributed by atoms with Crippen molar-refractivity contribution in [3.8, 4) is 11.5 Å². The van der Waals surface area contributed by atoms with E-state index in [1.54, 1.807) is 14.2 Å². The topological polar surface area (TPSA) is 30.8 Å². The molecule has 0 saturated carbocycles. The van der Waals surface area contributed by atoms with Crippen LogP contribution >= 0.6 is 0 Å². The molecule has 0 aromatic heterocycles. The molecule has 0 aliphatic carbocycles. The summed E-state index contributed by atoms with van der Waals surface area (Å²) >= 11 is 0. The number of hydrogen-bond acceptors (Lipinski definition) is 3. The van der Waals surface area contributed by atoms with Gasteiger partial charge in [-0.1, -0.05) is 13.8 Å². The highest BCUT2D eigenvalue weighted by atomic mass is 16.5. The number of rotatable bonds is 2. The van der Waals surface area contributed by atoms with Gasteiger partial charge in [0, 0.05) is 17.8 Å². The lowest BCUT2D eigenvalue weighted by atomic mass is 9.89. The van der Waals surface area contributed by atoms with Gasteiger partial charge < -0.3 is 9.47 Å². The largest absolute Gasteiger partial charge is 0.497 e. The summed E-state index contributed by atoms with van der Waals surface area (Å²) in [6, 6.07) is 3.95. The van der Waals surface area contributed by atoms with Crippen LogP contribution in [0.2, 0.25) is 0 Å². The lowest BCUT2D eigenvalue weighted by Crippen LogP contribution is -2.25. The van der Waals surface area contributed by atoms with Crippen molar-refractivity contribution in [1.82, 2.24) is 0 Å². The Morgan fingerprint density at radius 3 is 2.33 bits per heavy atom. The Bertz CT molecular complexity index is 436. The van der Waals surface area contributed by atoms with Crippen molar-refractivity contribution in [2.75, 3.05) is 14.2 Å². The van der Waals surface area contributed by atoms with E-state index in [0.717, 1.165) is 23.5 Å². The van der Waals surface area contributed by atoms with Crippen LogP contribution in [0.3, 0.4) is 0 Å². The molecule has 0 N–H and O–H groups in total. The van der Waals surface area contributed by atoms with Gasteiger partial charge in [0.05, 0.1) is 19.8 Å². The molecule has 0 saturated heterocycles. The van der Waals surface area contributed by atoms with Crippen LogP contribution in [-0.2, 0) is 6.42 Å². The van der Waals surface area contributed by atoms with Gasteiger partial charge in [0.15, 0.2) is 0 Å². The van der Waals surface area contributed by atoms with E-state index >= 15 is 0 Å². The van der Waals surface area contributed by atoms with Crippen molar-refractivity contribution < 1.29 is 9.47 Å². The summed E-state index contributed by atoms with van der Waals surface area (Å²) in [4.78, 5) is 4.52. The molecule has 3 heteroatoms. The maximum Gasteiger partial charge on any atom is 0.131 e. The van der Waals surface area contributed by atoms with Gasteiger partial charge in [0.1, 0.15) is 11.5 Å². The number of fused-ring (bicyclic) bond motifs is 1. The van der Waals surface area contributed by atoms with Crippen LogP contribution in [0.25, 0.3) is 0 Å². The quantitative estimate of drug-likeness (QED) is 0.803. The number of hydrogen-bond donors (Lipinski definition) is 0. The summed E-state index contributed by atoms with van der Waals surface area (Å²) in [6.45, 7) is 8.25. The van der Waals surface area contributed by atoms with Crippen molar-refractivity contribution in [3.63, 3.8) is 0 Å². The molecule has 1 aromatic carbocycles. The van der Waals surface area contributed by atoms with Gasteiger partial charge in [-0.25, -0.2) is 0 Å². The predicted molar refractivity (Wildman–Crippen MR) is 76.3 cm³/mol. The van der Waals surface area contributed by atoms with E-state index in [9.17, 15) is 0 Å². The van der Waals surface area contributed by atoms with Gasteiger partial charge in [-0.3, -0.25) is 4.99 Å². The number of aliphatic imine (C=N–C) groups is 1. The molecule has 0 spiro atoms. The van der Waals surface area contributed by atoms with Crippen molar-refractivity contribution in [1.29, 1.82) is 0 Å². The molecular weight excluding hydrogens is 226 g/mol. The van der Waals surface area contributed by atoms with E-state index in [1.165, 1.54) is 5.56 Å². The maximum atomic E-state index is 5.35. The summed E-state index contributed by atoms with van der Waals surface area (Å²) in [5, 5.41) is 0. The number of methoxy groups -OCH3 is 2. The first-order valence-electron chi connectivity index (χ1n) is 6.36. The molecule has 100 valence electrons. The minimum absolute atomic E-state index is 0.0373. The van der Waals surface area contributed by atoms with Crippen molar-refractivity contribution in [2.45, 2.75) is 39.7 Å². The lowest BCUT2D eigenvalue weighted by molar-refractivity contribution is 0.390. The van der Waals surface area contributed by atoms with E-state index in [-0.39, 0.29) is 5.54 Å². The highest BCUT2D eigenvalue weighted by molar-refractivity contribution is 5.87. The van der Waals surface area contributed by atoms with Crippen molar-refractivity contribution in [3.05, 3.63) is 23.3 Å². The van der Waals surface area contributed by atoms with Gasteiger partial charge >= 0.3 is 0 Å². The van der Waals surface area contributed by atoms with E-state index in [1.807, 2.05) is 26.1 Å². The third-order valence-corrected chi connectivity index (χ3v) is 2.82. The fraction of sp³-hybridized carbons (Fsp3) is 0.533. The Morgan fingerprint density at radius 1 is 1.11 bits per heavy atom. The molecule has 1 heterocycles. The zero-order chi connectivity index (χ0) is 13.8. The zero-order valence-corrected chi connectivity index (χ0v) is 12.2. The Labute approximate surface area is 110 Å². The second-order valence-corrected chi connectivity index (χ2v) is 4.65. The molecule has 0 radical (unpaired) electrons. The molecule has 18 heavy (non-hydrogen) atoms. The number of ether oxygens (including phenoxy) is 2. The summed E-state index contributed by atoms with van der Waals surface area (Å²) in [5.74, 6) is 1.66. The van der Waals surface area contributed by atoms with E-state index in [4.69, 9.17) is 9.47 Å². The molecular formula is C15H23NO2. The Hall–Kier alpha value is -1.51. The normalized spacial score (nSPS) is 15.2. The molecule has 1 aromatic rings. The monoisotopic (exact) mass is 249 g/mol. The fourth-order valence-electron chi connectivity index (χ4n) is 1.99. The first-order valence-corrected chi connectivity index (χ1v) is 6.36. The van der Waals surface area contributed by atoms with E-state index in [2.05, 4.69) is 24.9 Å². The highest BCUT2D eigenvalue weighted by Gasteiger charge is 2.24. The number of nitrogens with zero attached hydrogens (tertiary/aromatic N) is 1. The molecule has 1 aliphatic rings.